The first-order valence-electron chi connectivity index (χ1n) is 6.11. The van der Waals surface area contributed by atoms with Crippen LogP contribution in [0.25, 0.3) is 10.9 Å². The number of carboxylic acid groups (broad SMARTS) is 1. The van der Waals surface area contributed by atoms with Gasteiger partial charge in [0.05, 0.1) is 13.5 Å². The Bertz CT molecular complexity index is 648. The molecule has 1 amide bonds. The lowest BCUT2D eigenvalue weighted by Gasteiger charge is -2.14. The molecule has 0 saturated carbocycles. The first-order chi connectivity index (χ1) is 9.51. The Morgan fingerprint density at radius 1 is 1.40 bits per heavy atom. The third-order valence-corrected chi connectivity index (χ3v) is 3.11. The normalized spacial score (nSPS) is 10.5. The quantitative estimate of drug-likeness (QED) is 0.861. The van der Waals surface area contributed by atoms with Crippen molar-refractivity contribution in [3.8, 4) is 5.75 Å². The SMILES string of the molecule is COc1ccc2[nH]cc(CC(=O)N(C)CC(=O)O)c2c1. The summed E-state index contributed by atoms with van der Waals surface area (Å²) in [5, 5.41) is 9.59. The van der Waals surface area contributed by atoms with Gasteiger partial charge in [-0.25, -0.2) is 0 Å². The minimum atomic E-state index is -1.03. The fraction of sp³-hybridized carbons (Fsp3) is 0.286. The van der Waals surface area contributed by atoms with Crippen molar-refractivity contribution in [1.29, 1.82) is 0 Å². The van der Waals surface area contributed by atoms with E-state index in [1.54, 1.807) is 13.3 Å². The van der Waals surface area contributed by atoms with Crippen LogP contribution >= 0.6 is 0 Å². The Morgan fingerprint density at radius 3 is 2.80 bits per heavy atom. The second kappa shape index (κ2) is 5.64. The molecule has 0 aliphatic carbocycles. The van der Waals surface area contributed by atoms with E-state index < -0.39 is 5.97 Å². The van der Waals surface area contributed by atoms with Crippen LogP contribution in [-0.2, 0) is 16.0 Å². The molecule has 0 unspecified atom stereocenters. The molecule has 0 radical (unpaired) electrons. The molecule has 6 nitrogen and oxygen atoms in total. The first kappa shape index (κ1) is 13.9. The maximum absolute atomic E-state index is 12.0. The average Bonchev–Trinajstić information content (AvgIpc) is 2.80. The van der Waals surface area contributed by atoms with Gasteiger partial charge in [0.2, 0.25) is 5.91 Å². The number of aromatic amines is 1. The number of aliphatic carboxylic acids is 1. The van der Waals surface area contributed by atoms with Crippen molar-refractivity contribution in [2.75, 3.05) is 20.7 Å². The molecule has 6 heteroatoms. The molecule has 2 rings (SSSR count). The molecule has 0 bridgehead atoms. The number of carbonyl (C=O) groups excluding carboxylic acids is 1. The number of amides is 1. The van der Waals surface area contributed by atoms with Crippen LogP contribution in [-0.4, -0.2) is 47.6 Å². The Morgan fingerprint density at radius 2 is 2.15 bits per heavy atom. The zero-order valence-corrected chi connectivity index (χ0v) is 11.3. The molecule has 1 aromatic heterocycles. The number of ether oxygens (including phenoxy) is 1. The summed E-state index contributed by atoms with van der Waals surface area (Å²) < 4.78 is 5.16. The number of hydrogen-bond acceptors (Lipinski definition) is 3. The summed E-state index contributed by atoms with van der Waals surface area (Å²) in [6.07, 6.45) is 1.91. The number of carboxylic acids is 1. The van der Waals surface area contributed by atoms with Gasteiger partial charge in [0.25, 0.3) is 0 Å². The predicted octanol–water partition coefficient (Wildman–Crippen LogP) is 1.26. The number of fused-ring (bicyclic) bond motifs is 1. The zero-order valence-electron chi connectivity index (χ0n) is 11.3. The molecule has 0 aliphatic heterocycles. The fourth-order valence-electron chi connectivity index (χ4n) is 2.02. The summed E-state index contributed by atoms with van der Waals surface area (Å²) in [7, 11) is 3.06. The first-order valence-corrected chi connectivity index (χ1v) is 6.11. The molecule has 106 valence electrons. The second-order valence-corrected chi connectivity index (χ2v) is 4.55. The molecule has 1 heterocycles. The number of benzene rings is 1. The largest absolute Gasteiger partial charge is 0.497 e. The topological polar surface area (TPSA) is 82.6 Å². The van der Waals surface area contributed by atoms with E-state index in [-0.39, 0.29) is 18.9 Å². The molecular weight excluding hydrogens is 260 g/mol. The van der Waals surface area contributed by atoms with Crippen LogP contribution in [0.3, 0.4) is 0 Å². The van der Waals surface area contributed by atoms with Gasteiger partial charge >= 0.3 is 5.97 Å². The van der Waals surface area contributed by atoms with Gasteiger partial charge in [-0.2, -0.15) is 0 Å². The van der Waals surface area contributed by atoms with Crippen LogP contribution in [0.1, 0.15) is 5.56 Å². The van der Waals surface area contributed by atoms with Gasteiger partial charge in [0, 0.05) is 24.1 Å². The average molecular weight is 276 g/mol. The number of methoxy groups -OCH3 is 1. The van der Waals surface area contributed by atoms with E-state index in [9.17, 15) is 9.59 Å². The molecule has 20 heavy (non-hydrogen) atoms. The molecule has 0 saturated heterocycles. The summed E-state index contributed by atoms with van der Waals surface area (Å²) in [5.41, 5.74) is 1.73. The van der Waals surface area contributed by atoms with E-state index in [1.807, 2.05) is 18.2 Å². The van der Waals surface area contributed by atoms with Crippen molar-refractivity contribution < 1.29 is 19.4 Å². The van der Waals surface area contributed by atoms with Crippen molar-refractivity contribution in [2.24, 2.45) is 0 Å². The maximum Gasteiger partial charge on any atom is 0.323 e. The Labute approximate surface area is 116 Å². The van der Waals surface area contributed by atoms with Gasteiger partial charge in [-0.15, -0.1) is 0 Å². The van der Waals surface area contributed by atoms with E-state index in [2.05, 4.69) is 4.98 Å². The highest BCUT2D eigenvalue weighted by Crippen LogP contribution is 2.24. The van der Waals surface area contributed by atoms with Crippen LogP contribution < -0.4 is 4.74 Å². The van der Waals surface area contributed by atoms with Gasteiger partial charge in [-0.3, -0.25) is 9.59 Å². The highest BCUT2D eigenvalue weighted by molar-refractivity contribution is 5.90. The minimum absolute atomic E-state index is 0.150. The number of H-pyrrole nitrogens is 1. The lowest BCUT2D eigenvalue weighted by Crippen LogP contribution is -2.33. The lowest BCUT2D eigenvalue weighted by atomic mass is 10.1. The van der Waals surface area contributed by atoms with Crippen molar-refractivity contribution >= 4 is 22.8 Å². The van der Waals surface area contributed by atoms with E-state index in [4.69, 9.17) is 9.84 Å². The van der Waals surface area contributed by atoms with Crippen molar-refractivity contribution in [3.63, 3.8) is 0 Å². The number of likely N-dealkylation sites (N-methyl/N-ethyl adjacent to an activating group) is 1. The molecule has 0 fully saturated rings. The van der Waals surface area contributed by atoms with Gasteiger partial charge in [0.1, 0.15) is 12.3 Å². The molecule has 0 aliphatic rings. The van der Waals surface area contributed by atoms with Crippen LogP contribution in [0.4, 0.5) is 0 Å². The number of rotatable bonds is 5. The standard InChI is InChI=1S/C14H16N2O4/c1-16(8-14(18)19)13(17)5-9-7-15-12-4-3-10(20-2)6-11(9)12/h3-4,6-7,15H,5,8H2,1-2H3,(H,18,19). The Balaban J connectivity index is 2.21. The molecule has 2 N–H and O–H groups in total. The number of nitrogens with one attached hydrogen (secondary N) is 1. The highest BCUT2D eigenvalue weighted by Gasteiger charge is 2.15. The predicted molar refractivity (Wildman–Crippen MR) is 73.8 cm³/mol. The van der Waals surface area contributed by atoms with Crippen LogP contribution in [0.15, 0.2) is 24.4 Å². The van der Waals surface area contributed by atoms with Crippen molar-refractivity contribution in [2.45, 2.75) is 6.42 Å². The maximum atomic E-state index is 12.0. The van der Waals surface area contributed by atoms with Crippen LogP contribution in [0.2, 0.25) is 0 Å². The molecule has 0 atom stereocenters. The summed E-state index contributed by atoms with van der Waals surface area (Å²) >= 11 is 0. The summed E-state index contributed by atoms with van der Waals surface area (Å²) in [5.74, 6) is -0.553. The molecule has 1 aromatic carbocycles. The molecular formula is C14H16N2O4. The number of hydrogen-bond donors (Lipinski definition) is 2. The van der Waals surface area contributed by atoms with E-state index in [0.717, 1.165) is 16.5 Å². The van der Waals surface area contributed by atoms with Crippen LogP contribution in [0.5, 0.6) is 5.75 Å². The summed E-state index contributed by atoms with van der Waals surface area (Å²) in [6.45, 7) is -0.301. The van der Waals surface area contributed by atoms with Crippen LogP contribution in [0, 0.1) is 0 Å². The summed E-state index contributed by atoms with van der Waals surface area (Å²) in [6, 6.07) is 5.57. The van der Waals surface area contributed by atoms with E-state index >= 15 is 0 Å². The lowest BCUT2D eigenvalue weighted by molar-refractivity contribution is -0.143. The summed E-state index contributed by atoms with van der Waals surface area (Å²) in [4.78, 5) is 26.8. The minimum Gasteiger partial charge on any atom is -0.497 e. The van der Waals surface area contributed by atoms with Crippen molar-refractivity contribution in [3.05, 3.63) is 30.0 Å². The van der Waals surface area contributed by atoms with Gasteiger partial charge in [-0.1, -0.05) is 0 Å². The third-order valence-electron chi connectivity index (χ3n) is 3.11. The Kier molecular flexibility index (Phi) is 3.93. The van der Waals surface area contributed by atoms with E-state index in [1.165, 1.54) is 11.9 Å². The fourth-order valence-corrected chi connectivity index (χ4v) is 2.02. The molecule has 0 spiro atoms. The highest BCUT2D eigenvalue weighted by atomic mass is 16.5. The monoisotopic (exact) mass is 276 g/mol. The number of carbonyl (C=O) groups is 2. The van der Waals surface area contributed by atoms with Gasteiger partial charge in [-0.05, 0) is 23.8 Å². The van der Waals surface area contributed by atoms with E-state index in [0.29, 0.717) is 5.75 Å². The Hall–Kier alpha value is -2.50. The van der Waals surface area contributed by atoms with Crippen molar-refractivity contribution in [1.82, 2.24) is 9.88 Å². The smallest absolute Gasteiger partial charge is 0.323 e. The number of aromatic nitrogens is 1. The molecule has 2 aromatic rings. The zero-order chi connectivity index (χ0) is 14.7. The third kappa shape index (κ3) is 2.90. The van der Waals surface area contributed by atoms with Gasteiger partial charge < -0.3 is 19.7 Å². The number of nitrogens with zero attached hydrogens (tertiary/aromatic N) is 1. The van der Waals surface area contributed by atoms with Gasteiger partial charge in [0.15, 0.2) is 0 Å². The second-order valence-electron chi connectivity index (χ2n) is 4.55.